The van der Waals surface area contributed by atoms with Gasteiger partial charge in [-0.3, -0.25) is 24.0 Å². The average Bonchev–Trinajstić information content (AvgIpc) is 1.71. The van der Waals surface area contributed by atoms with Gasteiger partial charge in [0.25, 0.3) is 0 Å². The van der Waals surface area contributed by atoms with E-state index < -0.39 is 29.1 Å². The molecular formula is C79H95N7O8. The molecule has 2 amide bonds. The number of hydrogen-bond acceptors (Lipinski definition) is 13. The molecule has 11 rings (SSSR count). The van der Waals surface area contributed by atoms with Crippen molar-refractivity contribution in [2.24, 2.45) is 35.3 Å². The Kier molecular flexibility index (Phi) is 22.7. The molecule has 494 valence electrons. The van der Waals surface area contributed by atoms with Gasteiger partial charge in [-0.25, -0.2) is 19.9 Å². The van der Waals surface area contributed by atoms with E-state index in [4.69, 9.17) is 19.9 Å². The second-order valence-electron chi connectivity index (χ2n) is 28.5. The Hall–Kier alpha value is -8.43. The second kappa shape index (κ2) is 31.2. The number of benzene rings is 5. The molecule has 0 unspecified atom stereocenters. The van der Waals surface area contributed by atoms with E-state index in [1.807, 2.05) is 145 Å². The lowest BCUT2D eigenvalue weighted by atomic mass is 9.78. The van der Waals surface area contributed by atoms with Gasteiger partial charge < -0.3 is 29.7 Å². The van der Waals surface area contributed by atoms with E-state index in [1.165, 1.54) is 75.3 Å². The molecule has 2 saturated heterocycles. The number of nitrogens with zero attached hydrogens (tertiary/aromatic N) is 6. The third-order valence-corrected chi connectivity index (χ3v) is 19.1. The molecule has 0 spiro atoms. The summed E-state index contributed by atoms with van der Waals surface area (Å²) in [7, 11) is 0. The summed E-state index contributed by atoms with van der Waals surface area (Å²) in [5.41, 5.74) is 16.7. The summed E-state index contributed by atoms with van der Waals surface area (Å²) in [6, 6.07) is 42.3. The monoisotopic (exact) mass is 1270 g/mol. The van der Waals surface area contributed by atoms with E-state index in [-0.39, 0.29) is 61.7 Å². The molecule has 2 saturated carbocycles. The van der Waals surface area contributed by atoms with Crippen LogP contribution in [0.3, 0.4) is 0 Å². The summed E-state index contributed by atoms with van der Waals surface area (Å²) in [5.74, 6) is 1.81. The molecule has 4 fully saturated rings. The van der Waals surface area contributed by atoms with E-state index in [0.717, 1.165) is 61.9 Å². The largest absolute Gasteiger partial charge is 0.461 e. The minimum absolute atomic E-state index is 0.0629. The first-order valence-electron chi connectivity index (χ1n) is 34.2. The number of aromatic nitrogens is 4. The van der Waals surface area contributed by atoms with Crippen molar-refractivity contribution in [3.8, 4) is 45.0 Å². The number of carbonyl (C=O) groups is 5. The van der Waals surface area contributed by atoms with Gasteiger partial charge in [-0.2, -0.15) is 0 Å². The maximum atomic E-state index is 13.7. The summed E-state index contributed by atoms with van der Waals surface area (Å²) in [4.78, 5) is 86.1. The highest BCUT2D eigenvalue weighted by Crippen LogP contribution is 2.39. The van der Waals surface area contributed by atoms with Crippen molar-refractivity contribution in [2.45, 2.75) is 175 Å². The van der Waals surface area contributed by atoms with E-state index in [1.54, 1.807) is 9.80 Å². The normalized spacial score (nSPS) is 19.1. The van der Waals surface area contributed by atoms with Crippen LogP contribution in [0.4, 0.5) is 0 Å². The van der Waals surface area contributed by atoms with Crippen molar-refractivity contribution in [2.75, 3.05) is 26.2 Å². The summed E-state index contributed by atoms with van der Waals surface area (Å²) in [6.45, 7) is 17.0. The van der Waals surface area contributed by atoms with Crippen molar-refractivity contribution < 1.29 is 38.2 Å². The molecule has 2 aromatic heterocycles. The van der Waals surface area contributed by atoms with Crippen molar-refractivity contribution in [1.29, 1.82) is 0 Å². The Labute approximate surface area is 556 Å². The fourth-order valence-electron chi connectivity index (χ4n) is 13.3. The molecule has 94 heavy (non-hydrogen) atoms. The lowest BCUT2D eigenvalue weighted by molar-refractivity contribution is -0.170. The number of hydrogen-bond donors (Lipinski definition) is 1. The molecule has 15 heteroatoms. The van der Waals surface area contributed by atoms with Crippen molar-refractivity contribution in [3.05, 3.63) is 180 Å². The number of esters is 3. The van der Waals surface area contributed by atoms with Crippen LogP contribution in [0.2, 0.25) is 0 Å². The van der Waals surface area contributed by atoms with Gasteiger partial charge in [0, 0.05) is 73.2 Å². The molecule has 7 aromatic rings. The zero-order valence-electron chi connectivity index (χ0n) is 56.3. The summed E-state index contributed by atoms with van der Waals surface area (Å²) in [5, 5.41) is 0. The van der Waals surface area contributed by atoms with Gasteiger partial charge in [0.1, 0.15) is 17.8 Å². The number of amides is 2. The van der Waals surface area contributed by atoms with Gasteiger partial charge in [-0.15, -0.1) is 0 Å². The predicted octanol–water partition coefficient (Wildman–Crippen LogP) is 14.8. The first-order chi connectivity index (χ1) is 45.1. The van der Waals surface area contributed by atoms with E-state index in [9.17, 15) is 24.0 Å². The van der Waals surface area contributed by atoms with Gasteiger partial charge in [0.2, 0.25) is 11.8 Å². The average molecular weight is 1270 g/mol. The topological polar surface area (TPSA) is 197 Å². The molecule has 4 heterocycles. The zero-order chi connectivity index (χ0) is 66.5. The molecule has 0 bridgehead atoms. The highest BCUT2D eigenvalue weighted by molar-refractivity contribution is 5.87. The molecule has 5 aromatic carbocycles. The van der Waals surface area contributed by atoms with E-state index >= 15 is 0 Å². The van der Waals surface area contributed by atoms with Gasteiger partial charge >= 0.3 is 17.9 Å². The van der Waals surface area contributed by atoms with E-state index in [0.29, 0.717) is 49.4 Å². The van der Waals surface area contributed by atoms with Crippen LogP contribution >= 0.6 is 0 Å². The van der Waals surface area contributed by atoms with Crippen molar-refractivity contribution >= 4 is 29.7 Å². The van der Waals surface area contributed by atoms with Crippen LogP contribution in [0.15, 0.2) is 152 Å². The van der Waals surface area contributed by atoms with Gasteiger partial charge in [-0.1, -0.05) is 154 Å². The number of rotatable bonds is 20. The molecule has 15 nitrogen and oxygen atoms in total. The smallest absolute Gasteiger partial charge is 0.313 e. The SMILES string of the molecule is CCC1CCC(c2ccc(-c3cnc(-c4ccc(C[C@H](CC(=O)OCc5ccccc5)C(=O)N5CC(C(=O)OC(C)(C)C)C5)cc4)nc3)cc2)CC1.CCC1CCC(c2ccc(-c3cnc(-c4ccc(C[C@H](N)C(=O)N5CC(C(=O)OC(C)(C)C)C5)cc4)nc3)cc2)CC1. The molecule has 2 aliphatic heterocycles. The van der Waals surface area contributed by atoms with Crippen LogP contribution in [-0.4, -0.2) is 103 Å². The van der Waals surface area contributed by atoms with Gasteiger partial charge in [0.05, 0.1) is 30.2 Å². The molecule has 2 atom stereocenters. The van der Waals surface area contributed by atoms with Crippen LogP contribution in [0.25, 0.3) is 45.0 Å². The Morgan fingerprint density at radius 1 is 0.468 bits per heavy atom. The minimum atomic E-state index is -0.663. The summed E-state index contributed by atoms with van der Waals surface area (Å²) < 4.78 is 16.5. The molecule has 4 aliphatic rings. The third-order valence-electron chi connectivity index (χ3n) is 19.1. The quantitative estimate of drug-likeness (QED) is 0.0559. The number of carbonyl (C=O) groups excluding carboxylic acids is 5. The van der Waals surface area contributed by atoms with Crippen molar-refractivity contribution in [1.82, 2.24) is 29.7 Å². The lowest BCUT2D eigenvalue weighted by Gasteiger charge is -2.40. The first-order valence-corrected chi connectivity index (χ1v) is 34.2. The molecule has 2 N–H and O–H groups in total. The summed E-state index contributed by atoms with van der Waals surface area (Å²) in [6.07, 6.45) is 21.3. The minimum Gasteiger partial charge on any atom is -0.461 e. The van der Waals surface area contributed by atoms with Gasteiger partial charge in [0.15, 0.2) is 11.6 Å². The predicted molar refractivity (Wildman–Crippen MR) is 367 cm³/mol. The van der Waals surface area contributed by atoms with Crippen LogP contribution in [0.1, 0.15) is 166 Å². The highest BCUT2D eigenvalue weighted by atomic mass is 16.6. The standard InChI is InChI=1S/C44H51N3O5.C35H44N4O3/c1-5-30-11-15-33(16-12-30)34-19-21-35(22-20-34)38-25-45-41(46-26-38)36-17-13-31(14-18-36)23-37(24-40(48)51-29-32-9-7-6-8-10-32)42(49)47-27-39(28-47)43(50)52-44(2,3)4;1-5-23-6-10-25(11-7-23)26-14-16-27(17-15-26)29-19-37-32(38-20-29)28-12-8-24(9-13-28)18-31(36)33(40)39-21-30(22-39)34(41)42-35(2,3)4/h6-10,13-14,17-22,25-26,30,33,37,39H,5,11-12,15-16,23-24,27-29H2,1-4H3;8-9,12-17,19-20,23,25,30-31H,5-7,10-11,18,21-22,36H2,1-4H3/t30?,33?,37-;23?,25?,31-/m10/s1. The fraction of sp³-hybridized carbons (Fsp3) is 0.456. The maximum absolute atomic E-state index is 13.7. The maximum Gasteiger partial charge on any atom is 0.313 e. The Morgan fingerprint density at radius 3 is 1.24 bits per heavy atom. The number of ether oxygens (including phenoxy) is 3. The van der Waals surface area contributed by atoms with Crippen LogP contribution in [0.5, 0.6) is 0 Å². The third kappa shape index (κ3) is 18.7. The van der Waals surface area contributed by atoms with Crippen molar-refractivity contribution in [3.63, 3.8) is 0 Å². The molecular weight excluding hydrogens is 1170 g/mol. The van der Waals surface area contributed by atoms with E-state index in [2.05, 4.69) is 82.3 Å². The Bertz CT molecular complexity index is 3620. The van der Waals surface area contributed by atoms with Crippen LogP contribution in [0, 0.1) is 29.6 Å². The second-order valence-corrected chi connectivity index (χ2v) is 28.5. The first kappa shape index (κ1) is 68.4. The highest BCUT2D eigenvalue weighted by Gasteiger charge is 2.42. The molecule has 2 aliphatic carbocycles. The molecule has 0 radical (unpaired) electrons. The Morgan fingerprint density at radius 2 is 0.851 bits per heavy atom. The summed E-state index contributed by atoms with van der Waals surface area (Å²) >= 11 is 0. The van der Waals surface area contributed by atoms with Crippen LogP contribution < -0.4 is 5.73 Å². The number of nitrogens with two attached hydrogens (primary N) is 1. The number of likely N-dealkylation sites (tertiary alicyclic amines) is 2. The zero-order valence-corrected chi connectivity index (χ0v) is 56.3. The van der Waals surface area contributed by atoms with Crippen LogP contribution in [-0.2, 0) is 57.6 Å². The van der Waals surface area contributed by atoms with Gasteiger partial charge in [-0.05, 0) is 168 Å². The lowest BCUT2D eigenvalue weighted by Crippen LogP contribution is -2.58. The Balaban J connectivity index is 0.000000210. The fourth-order valence-corrected chi connectivity index (χ4v) is 13.3.